The Bertz CT molecular complexity index is 2010. The highest BCUT2D eigenvalue weighted by Crippen LogP contribution is 2.39. The Morgan fingerprint density at radius 1 is 1.02 bits per heavy atom. The molecule has 0 N–H and O–H groups in total. The van der Waals surface area contributed by atoms with Crippen LogP contribution in [0.4, 0.5) is 0 Å². The average Bonchev–Trinajstić information content (AvgIpc) is 3.52. The summed E-state index contributed by atoms with van der Waals surface area (Å²) in [6.07, 6.45) is 7.13. The normalized spacial score (nSPS) is 16.7. The van der Waals surface area contributed by atoms with Crippen molar-refractivity contribution in [2.24, 2.45) is 14.1 Å². The molecule has 10 nitrogen and oxygen atoms in total. The third-order valence-corrected chi connectivity index (χ3v) is 10.0. The smallest absolute Gasteiger partial charge is 0.332 e. The van der Waals surface area contributed by atoms with Crippen molar-refractivity contribution in [3.05, 3.63) is 83.3 Å². The SMILES string of the molecule is COc1cc(/C=C2/SC(=S)N(C3CCCCC3)C2=O)ccc1Oc1nc2c(c(=O)n(C)c(=O)n2C)n1Cc1ccc(Cl)cc1Cl. The Morgan fingerprint density at radius 3 is 2.49 bits per heavy atom. The fourth-order valence-corrected chi connectivity index (χ4v) is 7.58. The van der Waals surface area contributed by atoms with E-state index in [9.17, 15) is 14.4 Å². The van der Waals surface area contributed by atoms with Crippen molar-refractivity contribution in [2.75, 3.05) is 7.11 Å². The molecule has 2 aliphatic rings. The van der Waals surface area contributed by atoms with Gasteiger partial charge < -0.3 is 9.47 Å². The van der Waals surface area contributed by atoms with Crippen LogP contribution < -0.4 is 20.7 Å². The molecule has 45 heavy (non-hydrogen) atoms. The number of fused-ring (bicyclic) bond motifs is 1. The first-order chi connectivity index (χ1) is 21.6. The number of aromatic nitrogens is 4. The van der Waals surface area contributed by atoms with Crippen molar-refractivity contribution in [2.45, 2.75) is 44.7 Å². The molecule has 0 spiro atoms. The predicted octanol–water partition coefficient (Wildman–Crippen LogP) is 6.12. The molecule has 4 aromatic rings. The number of carbonyl (C=O) groups is 1. The minimum atomic E-state index is -0.534. The van der Waals surface area contributed by atoms with E-state index in [1.165, 1.54) is 44.0 Å². The zero-order valence-corrected chi connectivity index (χ0v) is 27.9. The molecule has 1 amide bonds. The van der Waals surface area contributed by atoms with E-state index in [1.54, 1.807) is 51.9 Å². The second kappa shape index (κ2) is 12.7. The molecule has 234 valence electrons. The molecular formula is C31H29Cl2N5O5S2. The highest BCUT2D eigenvalue weighted by Gasteiger charge is 2.37. The van der Waals surface area contributed by atoms with Crippen molar-refractivity contribution in [1.29, 1.82) is 0 Å². The van der Waals surface area contributed by atoms with Crippen molar-refractivity contribution >= 4 is 74.6 Å². The Balaban J connectivity index is 1.37. The Kier molecular flexibility index (Phi) is 8.84. The van der Waals surface area contributed by atoms with E-state index in [2.05, 4.69) is 4.98 Å². The first-order valence-corrected chi connectivity index (χ1v) is 16.3. The Labute approximate surface area is 278 Å². The number of thioether (sulfide) groups is 1. The first-order valence-electron chi connectivity index (χ1n) is 14.3. The van der Waals surface area contributed by atoms with Crippen LogP contribution in [0.2, 0.25) is 10.0 Å². The number of halogens is 2. The number of ether oxygens (including phenoxy) is 2. The summed E-state index contributed by atoms with van der Waals surface area (Å²) in [6.45, 7) is 0.110. The fourth-order valence-electron chi connectivity index (χ4n) is 5.71. The molecular weight excluding hydrogens is 657 g/mol. The van der Waals surface area contributed by atoms with Crippen LogP contribution in [0.5, 0.6) is 17.5 Å². The number of imidazole rings is 1. The molecule has 2 fully saturated rings. The summed E-state index contributed by atoms with van der Waals surface area (Å²) in [4.78, 5) is 46.2. The van der Waals surface area contributed by atoms with Gasteiger partial charge in [-0.15, -0.1) is 0 Å². The van der Waals surface area contributed by atoms with E-state index in [4.69, 9.17) is 44.9 Å². The number of carbonyl (C=O) groups excluding carboxylic acids is 1. The molecule has 2 aromatic carbocycles. The molecule has 2 aromatic heterocycles. The summed E-state index contributed by atoms with van der Waals surface area (Å²) in [6, 6.07) is 10.5. The van der Waals surface area contributed by atoms with E-state index in [0.717, 1.165) is 35.8 Å². The molecule has 14 heteroatoms. The van der Waals surface area contributed by atoms with E-state index >= 15 is 0 Å². The van der Waals surface area contributed by atoms with Crippen LogP contribution in [0, 0.1) is 0 Å². The maximum atomic E-state index is 13.3. The number of benzene rings is 2. The number of methoxy groups -OCH3 is 1. The molecule has 1 aliphatic heterocycles. The number of aryl methyl sites for hydroxylation is 1. The summed E-state index contributed by atoms with van der Waals surface area (Å²) in [5.41, 5.74) is 0.641. The summed E-state index contributed by atoms with van der Waals surface area (Å²) in [5, 5.41) is 0.864. The minimum absolute atomic E-state index is 0.0497. The molecule has 0 radical (unpaired) electrons. The number of nitrogens with zero attached hydrogens (tertiary/aromatic N) is 5. The van der Waals surface area contributed by atoms with Crippen LogP contribution in [0.25, 0.3) is 17.2 Å². The Hall–Kier alpha value is -3.58. The highest BCUT2D eigenvalue weighted by molar-refractivity contribution is 8.26. The van der Waals surface area contributed by atoms with Crippen molar-refractivity contribution in [1.82, 2.24) is 23.6 Å². The number of rotatable bonds is 7. The zero-order chi connectivity index (χ0) is 32.0. The van der Waals surface area contributed by atoms with E-state index in [-0.39, 0.29) is 35.7 Å². The molecule has 0 bridgehead atoms. The van der Waals surface area contributed by atoms with Crippen LogP contribution in [0.1, 0.15) is 43.2 Å². The largest absolute Gasteiger partial charge is 0.493 e. The van der Waals surface area contributed by atoms with Crippen molar-refractivity contribution in [3.8, 4) is 17.5 Å². The standard InChI is InChI=1S/C31H29Cl2N5O5S2/c1-35-26-25(28(40)36(2)30(35)41)37(16-18-10-11-19(32)15-21(18)33)29(34-26)43-22-12-9-17(13-23(22)42-3)14-24-27(39)38(31(44)45-24)20-7-5-4-6-8-20/h9-15,20H,4-8,16H2,1-3H3/b24-14+. The first kappa shape index (κ1) is 31.4. The van der Waals surface area contributed by atoms with Gasteiger partial charge in [0.1, 0.15) is 4.32 Å². The Morgan fingerprint density at radius 2 is 1.78 bits per heavy atom. The summed E-state index contributed by atoms with van der Waals surface area (Å²) < 4.78 is 16.4. The van der Waals surface area contributed by atoms with Gasteiger partial charge in [0.2, 0.25) is 0 Å². The molecule has 0 atom stereocenters. The van der Waals surface area contributed by atoms with E-state index in [0.29, 0.717) is 36.3 Å². The van der Waals surface area contributed by atoms with E-state index < -0.39 is 11.2 Å². The van der Waals surface area contributed by atoms with Crippen LogP contribution in [-0.2, 0) is 25.4 Å². The molecule has 0 unspecified atom stereocenters. The number of amides is 1. The van der Waals surface area contributed by atoms with Gasteiger partial charge >= 0.3 is 11.7 Å². The molecule has 1 aliphatic carbocycles. The number of hydrogen-bond donors (Lipinski definition) is 0. The van der Waals surface area contributed by atoms with Crippen LogP contribution in [0.3, 0.4) is 0 Å². The lowest BCUT2D eigenvalue weighted by atomic mass is 9.94. The van der Waals surface area contributed by atoms with Crippen molar-refractivity contribution < 1.29 is 14.3 Å². The number of thiocarbonyl (C=S) groups is 1. The van der Waals surface area contributed by atoms with Crippen LogP contribution in [-0.4, -0.2) is 47.0 Å². The summed E-state index contributed by atoms with van der Waals surface area (Å²) in [7, 11) is 4.44. The minimum Gasteiger partial charge on any atom is -0.493 e. The second-order valence-electron chi connectivity index (χ2n) is 11.0. The van der Waals surface area contributed by atoms with Crippen LogP contribution >= 0.6 is 47.2 Å². The van der Waals surface area contributed by atoms with Gasteiger partial charge in [-0.05, 0) is 54.3 Å². The van der Waals surface area contributed by atoms with E-state index in [1.807, 2.05) is 0 Å². The monoisotopic (exact) mass is 685 g/mol. The summed E-state index contributed by atoms with van der Waals surface area (Å²) in [5.74, 6) is 0.611. The average molecular weight is 687 g/mol. The maximum absolute atomic E-state index is 13.3. The molecule has 1 saturated carbocycles. The van der Waals surface area contributed by atoms with Gasteiger partial charge in [-0.1, -0.05) is 78.6 Å². The lowest BCUT2D eigenvalue weighted by molar-refractivity contribution is -0.124. The predicted molar refractivity (Wildman–Crippen MR) is 181 cm³/mol. The van der Waals surface area contributed by atoms with Gasteiger partial charge in [0.25, 0.3) is 11.5 Å². The van der Waals surface area contributed by atoms with Gasteiger partial charge in [-0.25, -0.2) is 4.79 Å². The van der Waals surface area contributed by atoms with Gasteiger partial charge in [-0.3, -0.25) is 28.2 Å². The highest BCUT2D eigenvalue weighted by atomic mass is 35.5. The summed E-state index contributed by atoms with van der Waals surface area (Å²) >= 11 is 19.5. The maximum Gasteiger partial charge on any atom is 0.332 e. The van der Waals surface area contributed by atoms with Gasteiger partial charge in [-0.2, -0.15) is 4.98 Å². The number of hydrogen-bond acceptors (Lipinski definition) is 8. The molecule has 6 rings (SSSR count). The van der Waals surface area contributed by atoms with Crippen LogP contribution in [0.15, 0.2) is 50.9 Å². The van der Waals surface area contributed by atoms with Gasteiger partial charge in [0, 0.05) is 30.2 Å². The third-order valence-electron chi connectivity index (χ3n) is 8.11. The van der Waals surface area contributed by atoms with Crippen molar-refractivity contribution in [3.63, 3.8) is 0 Å². The molecule has 3 heterocycles. The second-order valence-corrected chi connectivity index (χ2v) is 13.5. The lowest BCUT2D eigenvalue weighted by Gasteiger charge is -2.29. The third kappa shape index (κ3) is 5.92. The quantitative estimate of drug-likeness (QED) is 0.169. The van der Waals surface area contributed by atoms with Gasteiger partial charge in [0.05, 0.1) is 18.6 Å². The molecule has 1 saturated heterocycles. The topological polar surface area (TPSA) is 101 Å². The lowest BCUT2D eigenvalue weighted by Crippen LogP contribution is -2.39. The fraction of sp³-hybridized carbons (Fsp3) is 0.323. The zero-order valence-electron chi connectivity index (χ0n) is 24.7. The van der Waals surface area contributed by atoms with Gasteiger partial charge in [0.15, 0.2) is 22.7 Å².